The molecule has 174 valence electrons. The molecule has 4 aromatic rings. The number of nitrogens with zero attached hydrogens (tertiary/aromatic N) is 3. The highest BCUT2D eigenvalue weighted by Crippen LogP contribution is 2.36. The zero-order valence-corrected chi connectivity index (χ0v) is 18.4. The van der Waals surface area contributed by atoms with Crippen LogP contribution in [0.2, 0.25) is 0 Å². The van der Waals surface area contributed by atoms with Crippen molar-refractivity contribution < 1.29 is 27.8 Å². The van der Waals surface area contributed by atoms with Gasteiger partial charge < -0.3 is 9.84 Å². The maximum atomic E-state index is 13.7. The van der Waals surface area contributed by atoms with Crippen molar-refractivity contribution in [1.29, 1.82) is 0 Å². The minimum absolute atomic E-state index is 0.0223. The molecule has 0 radical (unpaired) electrons. The summed E-state index contributed by atoms with van der Waals surface area (Å²) in [6.07, 6.45) is -4.63. The number of halogens is 3. The smallest absolute Gasteiger partial charge is 0.418 e. The van der Waals surface area contributed by atoms with E-state index in [-0.39, 0.29) is 29.0 Å². The predicted octanol–water partition coefficient (Wildman–Crippen LogP) is 5.71. The molecule has 34 heavy (non-hydrogen) atoms. The SMILES string of the molecule is O=C(O)CSc1nnc(COc2ccccc2-c2ccccc2)n1-c1ccccc1C(F)(F)F. The lowest BCUT2D eigenvalue weighted by atomic mass is 10.1. The van der Waals surface area contributed by atoms with Crippen LogP contribution < -0.4 is 4.74 Å². The summed E-state index contributed by atoms with van der Waals surface area (Å²) in [7, 11) is 0. The van der Waals surface area contributed by atoms with Crippen molar-refractivity contribution in [3.63, 3.8) is 0 Å². The topological polar surface area (TPSA) is 77.2 Å². The Kier molecular flexibility index (Phi) is 6.87. The van der Waals surface area contributed by atoms with Gasteiger partial charge in [0.25, 0.3) is 0 Å². The fraction of sp³-hybridized carbons (Fsp3) is 0.125. The van der Waals surface area contributed by atoms with Gasteiger partial charge in [0.1, 0.15) is 12.4 Å². The number of carboxylic acids is 1. The number of para-hydroxylation sites is 2. The van der Waals surface area contributed by atoms with E-state index in [0.29, 0.717) is 5.75 Å². The molecule has 4 rings (SSSR count). The average molecular weight is 485 g/mol. The van der Waals surface area contributed by atoms with E-state index >= 15 is 0 Å². The van der Waals surface area contributed by atoms with Crippen molar-refractivity contribution in [2.24, 2.45) is 0 Å². The Balaban J connectivity index is 1.72. The van der Waals surface area contributed by atoms with Crippen molar-refractivity contribution in [3.8, 4) is 22.6 Å². The average Bonchev–Trinajstić information content (AvgIpc) is 3.24. The summed E-state index contributed by atoms with van der Waals surface area (Å²) in [5, 5.41) is 17.0. The number of benzene rings is 3. The van der Waals surface area contributed by atoms with Crippen molar-refractivity contribution in [1.82, 2.24) is 14.8 Å². The Morgan fingerprint density at radius 1 is 0.941 bits per heavy atom. The second kappa shape index (κ2) is 10.0. The third-order valence-corrected chi connectivity index (χ3v) is 5.72. The summed E-state index contributed by atoms with van der Waals surface area (Å²) in [4.78, 5) is 11.1. The Labute approximate surface area is 197 Å². The second-order valence-electron chi connectivity index (χ2n) is 7.08. The molecule has 6 nitrogen and oxygen atoms in total. The molecule has 1 aromatic heterocycles. The molecule has 0 amide bonds. The van der Waals surface area contributed by atoms with Crippen LogP contribution in [0.3, 0.4) is 0 Å². The summed E-state index contributed by atoms with van der Waals surface area (Å²) in [5.41, 5.74) is 0.630. The van der Waals surface area contributed by atoms with E-state index in [0.717, 1.165) is 29.0 Å². The lowest BCUT2D eigenvalue weighted by Gasteiger charge is -2.17. The standard InChI is InChI=1S/C24H18F3N3O3S/c25-24(26,27)18-11-5-6-12-19(18)30-21(28-29-23(30)34-15-22(31)32)14-33-20-13-7-4-10-17(20)16-8-2-1-3-9-16/h1-13H,14-15H2,(H,31,32). The zero-order chi connectivity index (χ0) is 24.1. The summed E-state index contributed by atoms with van der Waals surface area (Å²) >= 11 is 0.779. The van der Waals surface area contributed by atoms with E-state index in [2.05, 4.69) is 10.2 Å². The molecular formula is C24H18F3N3O3S. The maximum absolute atomic E-state index is 13.7. The van der Waals surface area contributed by atoms with Crippen LogP contribution in [-0.4, -0.2) is 31.6 Å². The van der Waals surface area contributed by atoms with Gasteiger partial charge in [-0.1, -0.05) is 72.4 Å². The molecule has 0 bridgehead atoms. The first-order valence-corrected chi connectivity index (χ1v) is 11.1. The van der Waals surface area contributed by atoms with Gasteiger partial charge in [-0.05, 0) is 23.8 Å². The Morgan fingerprint density at radius 2 is 1.62 bits per heavy atom. The molecule has 0 aliphatic rings. The van der Waals surface area contributed by atoms with Crippen LogP contribution in [0.25, 0.3) is 16.8 Å². The molecule has 1 N–H and O–H groups in total. The van der Waals surface area contributed by atoms with Gasteiger partial charge in [0.15, 0.2) is 11.0 Å². The van der Waals surface area contributed by atoms with Gasteiger partial charge in [-0.25, -0.2) is 0 Å². The van der Waals surface area contributed by atoms with Gasteiger partial charge in [-0.15, -0.1) is 10.2 Å². The number of rotatable bonds is 8. The summed E-state index contributed by atoms with van der Waals surface area (Å²) in [5.74, 6) is -0.887. The van der Waals surface area contributed by atoms with Crippen LogP contribution in [-0.2, 0) is 17.6 Å². The quantitative estimate of drug-likeness (QED) is 0.322. The number of carbonyl (C=O) groups is 1. The highest BCUT2D eigenvalue weighted by molar-refractivity contribution is 7.99. The van der Waals surface area contributed by atoms with Crippen LogP contribution in [0, 0.1) is 0 Å². The zero-order valence-electron chi connectivity index (χ0n) is 17.6. The molecular weight excluding hydrogens is 467 g/mol. The summed E-state index contributed by atoms with van der Waals surface area (Å²) in [6, 6.07) is 21.8. The molecule has 0 unspecified atom stereocenters. The van der Waals surface area contributed by atoms with Crippen molar-refractivity contribution in [2.45, 2.75) is 17.9 Å². The predicted molar refractivity (Wildman–Crippen MR) is 121 cm³/mol. The van der Waals surface area contributed by atoms with Crippen molar-refractivity contribution in [3.05, 3.63) is 90.3 Å². The Bertz CT molecular complexity index is 1290. The fourth-order valence-corrected chi connectivity index (χ4v) is 4.04. The van der Waals surface area contributed by atoms with Crippen LogP contribution in [0.1, 0.15) is 11.4 Å². The molecule has 0 saturated heterocycles. The first-order chi connectivity index (χ1) is 16.3. The van der Waals surface area contributed by atoms with Crippen LogP contribution in [0.15, 0.2) is 84.0 Å². The van der Waals surface area contributed by atoms with Crippen LogP contribution in [0.4, 0.5) is 13.2 Å². The van der Waals surface area contributed by atoms with Crippen molar-refractivity contribution >= 4 is 17.7 Å². The molecule has 0 saturated carbocycles. The van der Waals surface area contributed by atoms with Gasteiger partial charge in [0, 0.05) is 5.56 Å². The molecule has 0 fully saturated rings. The van der Waals surface area contributed by atoms with E-state index < -0.39 is 17.7 Å². The summed E-state index contributed by atoms with van der Waals surface area (Å²) < 4.78 is 48.3. The highest BCUT2D eigenvalue weighted by Gasteiger charge is 2.35. The minimum atomic E-state index is -4.63. The highest BCUT2D eigenvalue weighted by atomic mass is 32.2. The first-order valence-electron chi connectivity index (χ1n) is 10.1. The Morgan fingerprint density at radius 3 is 2.35 bits per heavy atom. The molecule has 0 spiro atoms. The number of aromatic nitrogens is 3. The first kappa shape index (κ1) is 23.4. The molecule has 0 atom stereocenters. The number of alkyl halides is 3. The van der Waals surface area contributed by atoms with Crippen LogP contribution in [0.5, 0.6) is 5.75 Å². The van der Waals surface area contributed by atoms with Gasteiger partial charge in [0.2, 0.25) is 0 Å². The molecule has 0 aliphatic carbocycles. The van der Waals surface area contributed by atoms with E-state index in [4.69, 9.17) is 9.84 Å². The normalized spacial score (nSPS) is 11.4. The maximum Gasteiger partial charge on any atom is 0.418 e. The molecule has 3 aromatic carbocycles. The molecule has 1 heterocycles. The van der Waals surface area contributed by atoms with Crippen molar-refractivity contribution in [2.75, 3.05) is 5.75 Å². The molecule has 10 heteroatoms. The lowest BCUT2D eigenvalue weighted by molar-refractivity contribution is -0.137. The number of ether oxygens (including phenoxy) is 1. The number of hydrogen-bond donors (Lipinski definition) is 1. The Hall–Kier alpha value is -3.79. The lowest BCUT2D eigenvalue weighted by Crippen LogP contribution is -2.14. The minimum Gasteiger partial charge on any atom is -0.485 e. The van der Waals surface area contributed by atoms with Crippen LogP contribution >= 0.6 is 11.8 Å². The number of thioether (sulfide) groups is 1. The number of carboxylic acid groups (broad SMARTS) is 1. The van der Waals surface area contributed by atoms with Gasteiger partial charge in [0.05, 0.1) is 17.0 Å². The van der Waals surface area contributed by atoms with E-state index in [1.165, 1.54) is 22.8 Å². The summed E-state index contributed by atoms with van der Waals surface area (Å²) in [6.45, 7) is -0.184. The number of aliphatic carboxylic acids is 1. The molecule has 0 aliphatic heterocycles. The third-order valence-electron chi connectivity index (χ3n) is 4.80. The monoisotopic (exact) mass is 485 g/mol. The van der Waals surface area contributed by atoms with E-state index in [1.54, 1.807) is 12.1 Å². The van der Waals surface area contributed by atoms with Gasteiger partial charge >= 0.3 is 12.1 Å². The van der Waals surface area contributed by atoms with Gasteiger partial charge in [-0.3, -0.25) is 9.36 Å². The van der Waals surface area contributed by atoms with Gasteiger partial charge in [-0.2, -0.15) is 13.2 Å². The largest absolute Gasteiger partial charge is 0.485 e. The van der Waals surface area contributed by atoms with E-state index in [9.17, 15) is 18.0 Å². The number of hydrogen-bond acceptors (Lipinski definition) is 5. The third kappa shape index (κ3) is 5.23. The second-order valence-corrected chi connectivity index (χ2v) is 8.02. The van der Waals surface area contributed by atoms with E-state index in [1.807, 2.05) is 42.5 Å². The fourth-order valence-electron chi connectivity index (χ4n) is 3.35.